The van der Waals surface area contributed by atoms with E-state index in [0.29, 0.717) is 0 Å². The van der Waals surface area contributed by atoms with Crippen molar-refractivity contribution in [3.63, 3.8) is 0 Å². The van der Waals surface area contributed by atoms with Crippen LogP contribution in [0.5, 0.6) is 0 Å². The maximum Gasteiger partial charge on any atom is 0.0900 e. The Labute approximate surface area is 66.1 Å². The molecule has 0 fully saturated rings. The Morgan fingerprint density at radius 2 is 1.55 bits per heavy atom. The summed E-state index contributed by atoms with van der Waals surface area (Å²) in [5, 5.41) is 17.3. The lowest BCUT2D eigenvalue weighted by Gasteiger charge is -2.08. The van der Waals surface area contributed by atoms with Crippen molar-refractivity contribution in [3.8, 4) is 0 Å². The SMILES string of the molecule is O[CH]C([CH]O)c1ccccc1. The molecule has 2 radical (unpaired) electrons. The fourth-order valence-corrected chi connectivity index (χ4v) is 0.886. The summed E-state index contributed by atoms with van der Waals surface area (Å²) in [6.07, 6.45) is 0. The first-order valence-electron chi connectivity index (χ1n) is 3.38. The highest BCUT2D eigenvalue weighted by Crippen LogP contribution is 2.18. The molecule has 0 aliphatic carbocycles. The van der Waals surface area contributed by atoms with Crippen molar-refractivity contribution in [2.45, 2.75) is 5.92 Å². The second kappa shape index (κ2) is 4.11. The zero-order chi connectivity index (χ0) is 8.10. The minimum absolute atomic E-state index is 0.379. The summed E-state index contributed by atoms with van der Waals surface area (Å²) in [6.45, 7) is 1.91. The van der Waals surface area contributed by atoms with Gasteiger partial charge in [0.2, 0.25) is 0 Å². The monoisotopic (exact) mass is 150 g/mol. The molecule has 0 saturated carbocycles. The first-order chi connectivity index (χ1) is 5.38. The van der Waals surface area contributed by atoms with Crippen molar-refractivity contribution in [2.75, 3.05) is 0 Å². The molecular weight excluding hydrogens is 140 g/mol. The number of hydrogen-bond donors (Lipinski definition) is 2. The van der Waals surface area contributed by atoms with Crippen LogP contribution in [0, 0.1) is 13.2 Å². The van der Waals surface area contributed by atoms with Crippen LogP contribution < -0.4 is 0 Å². The van der Waals surface area contributed by atoms with E-state index in [-0.39, 0.29) is 5.92 Å². The zero-order valence-electron chi connectivity index (χ0n) is 6.01. The number of aliphatic hydroxyl groups is 2. The van der Waals surface area contributed by atoms with E-state index in [2.05, 4.69) is 0 Å². The topological polar surface area (TPSA) is 40.5 Å². The minimum Gasteiger partial charge on any atom is -0.390 e. The molecule has 0 aliphatic rings. The zero-order valence-corrected chi connectivity index (χ0v) is 6.01. The number of aliphatic hydroxyl groups excluding tert-OH is 2. The van der Waals surface area contributed by atoms with Gasteiger partial charge in [0, 0.05) is 5.92 Å². The molecule has 2 N–H and O–H groups in total. The minimum atomic E-state index is -0.379. The average Bonchev–Trinajstić information content (AvgIpc) is 2.09. The van der Waals surface area contributed by atoms with Crippen LogP contribution in [0.4, 0.5) is 0 Å². The number of benzene rings is 1. The van der Waals surface area contributed by atoms with Crippen molar-refractivity contribution in [3.05, 3.63) is 49.1 Å². The molecule has 2 heteroatoms. The molecule has 0 spiro atoms. The van der Waals surface area contributed by atoms with Crippen molar-refractivity contribution in [2.24, 2.45) is 0 Å². The van der Waals surface area contributed by atoms with Crippen LogP contribution in [0.1, 0.15) is 11.5 Å². The van der Waals surface area contributed by atoms with E-state index < -0.39 is 0 Å². The first kappa shape index (κ1) is 8.24. The fraction of sp³-hybridized carbons (Fsp3) is 0.111. The van der Waals surface area contributed by atoms with Gasteiger partial charge in [-0.15, -0.1) is 0 Å². The molecule has 58 valence electrons. The molecule has 0 saturated heterocycles. The molecule has 0 amide bonds. The summed E-state index contributed by atoms with van der Waals surface area (Å²) in [4.78, 5) is 0. The van der Waals surface area contributed by atoms with E-state index >= 15 is 0 Å². The van der Waals surface area contributed by atoms with Gasteiger partial charge in [-0.05, 0) is 5.56 Å². The van der Waals surface area contributed by atoms with E-state index in [1.807, 2.05) is 30.3 Å². The van der Waals surface area contributed by atoms with Gasteiger partial charge >= 0.3 is 0 Å². The quantitative estimate of drug-likeness (QED) is 0.690. The van der Waals surface area contributed by atoms with Crippen molar-refractivity contribution >= 4 is 0 Å². The van der Waals surface area contributed by atoms with Crippen LogP contribution in [0.3, 0.4) is 0 Å². The second-order valence-electron chi connectivity index (χ2n) is 2.23. The molecule has 0 aromatic heterocycles. The van der Waals surface area contributed by atoms with E-state index in [1.54, 1.807) is 0 Å². The average molecular weight is 150 g/mol. The molecule has 0 aliphatic heterocycles. The lowest BCUT2D eigenvalue weighted by Crippen LogP contribution is -1.98. The maximum absolute atomic E-state index is 8.66. The van der Waals surface area contributed by atoms with Crippen LogP contribution >= 0.6 is 0 Å². The van der Waals surface area contributed by atoms with Crippen molar-refractivity contribution in [1.29, 1.82) is 0 Å². The smallest absolute Gasteiger partial charge is 0.0900 e. The third-order valence-electron chi connectivity index (χ3n) is 1.51. The van der Waals surface area contributed by atoms with Gasteiger partial charge in [0.25, 0.3) is 0 Å². The fourth-order valence-electron chi connectivity index (χ4n) is 0.886. The first-order valence-corrected chi connectivity index (χ1v) is 3.38. The van der Waals surface area contributed by atoms with Crippen LogP contribution in [0.15, 0.2) is 30.3 Å². The number of rotatable bonds is 3. The van der Waals surface area contributed by atoms with Crippen molar-refractivity contribution < 1.29 is 10.2 Å². The van der Waals surface area contributed by atoms with Gasteiger partial charge in [0.05, 0.1) is 13.2 Å². The number of hydrogen-bond acceptors (Lipinski definition) is 2. The highest BCUT2D eigenvalue weighted by molar-refractivity contribution is 5.22. The Balaban J connectivity index is 2.74. The highest BCUT2D eigenvalue weighted by atomic mass is 16.3. The summed E-state index contributed by atoms with van der Waals surface area (Å²) in [5.74, 6) is -0.379. The molecule has 0 unspecified atom stereocenters. The molecule has 1 aromatic carbocycles. The van der Waals surface area contributed by atoms with Gasteiger partial charge in [-0.25, -0.2) is 0 Å². The van der Waals surface area contributed by atoms with Crippen LogP contribution in [-0.2, 0) is 0 Å². The third-order valence-corrected chi connectivity index (χ3v) is 1.51. The Morgan fingerprint density at radius 1 is 1.00 bits per heavy atom. The second-order valence-corrected chi connectivity index (χ2v) is 2.23. The molecule has 1 aromatic rings. The normalized spacial score (nSPS) is 10.5. The predicted molar refractivity (Wildman–Crippen MR) is 41.7 cm³/mol. The van der Waals surface area contributed by atoms with Crippen LogP contribution in [-0.4, -0.2) is 10.2 Å². The van der Waals surface area contributed by atoms with Gasteiger partial charge in [-0.2, -0.15) is 0 Å². The molecule has 11 heavy (non-hydrogen) atoms. The molecule has 1 rings (SSSR count). The lowest BCUT2D eigenvalue weighted by atomic mass is 10.0. The summed E-state index contributed by atoms with van der Waals surface area (Å²) < 4.78 is 0. The van der Waals surface area contributed by atoms with Gasteiger partial charge in [-0.3, -0.25) is 0 Å². The predicted octanol–water partition coefficient (Wildman–Crippen LogP) is 1.84. The largest absolute Gasteiger partial charge is 0.390 e. The molecule has 0 atom stereocenters. The van der Waals surface area contributed by atoms with Gasteiger partial charge in [0.15, 0.2) is 0 Å². The van der Waals surface area contributed by atoms with E-state index in [1.165, 1.54) is 0 Å². The molecule has 2 nitrogen and oxygen atoms in total. The summed E-state index contributed by atoms with van der Waals surface area (Å²) >= 11 is 0. The van der Waals surface area contributed by atoms with Gasteiger partial charge in [-0.1, -0.05) is 30.3 Å². The van der Waals surface area contributed by atoms with Crippen LogP contribution in [0.25, 0.3) is 0 Å². The Bertz CT molecular complexity index is 192. The van der Waals surface area contributed by atoms with Crippen LogP contribution in [0.2, 0.25) is 0 Å². The van der Waals surface area contributed by atoms with Gasteiger partial charge < -0.3 is 10.2 Å². The Morgan fingerprint density at radius 3 is 2.00 bits per heavy atom. The Hall–Kier alpha value is -0.860. The van der Waals surface area contributed by atoms with Crippen molar-refractivity contribution in [1.82, 2.24) is 0 Å². The van der Waals surface area contributed by atoms with Gasteiger partial charge in [0.1, 0.15) is 0 Å². The third kappa shape index (κ3) is 2.03. The molecule has 0 heterocycles. The van der Waals surface area contributed by atoms with E-state index in [0.717, 1.165) is 18.8 Å². The molecule has 0 bridgehead atoms. The summed E-state index contributed by atoms with van der Waals surface area (Å²) in [6, 6.07) is 9.27. The molecular formula is C9H10O2. The van der Waals surface area contributed by atoms with E-state index in [4.69, 9.17) is 10.2 Å². The summed E-state index contributed by atoms with van der Waals surface area (Å²) in [7, 11) is 0. The highest BCUT2D eigenvalue weighted by Gasteiger charge is 2.08. The maximum atomic E-state index is 8.66. The lowest BCUT2D eigenvalue weighted by molar-refractivity contribution is 0.299. The standard InChI is InChI=1S/C9H10O2/c10-6-9(7-11)8-4-2-1-3-5-8/h1-7,9-11H. The summed E-state index contributed by atoms with van der Waals surface area (Å²) in [5.41, 5.74) is 0.873. The van der Waals surface area contributed by atoms with E-state index in [9.17, 15) is 0 Å². The Kier molecular flexibility index (Phi) is 3.08.